The number of rotatable bonds is 3. The van der Waals surface area contributed by atoms with Crippen molar-refractivity contribution >= 4 is 55.1 Å². The average Bonchev–Trinajstić information content (AvgIpc) is 3.37. The lowest BCUT2D eigenvalue weighted by Crippen LogP contribution is -1.97. The van der Waals surface area contributed by atoms with Crippen molar-refractivity contribution < 1.29 is 0 Å². The molecule has 1 saturated carbocycles. The zero-order chi connectivity index (χ0) is 17.0. The minimum Gasteiger partial charge on any atom is -0.397 e. The van der Waals surface area contributed by atoms with Crippen molar-refractivity contribution in [1.29, 1.82) is 0 Å². The van der Waals surface area contributed by atoms with Gasteiger partial charge in [0.1, 0.15) is 0 Å². The molecule has 124 valence electrons. The largest absolute Gasteiger partial charge is 0.397 e. The van der Waals surface area contributed by atoms with Gasteiger partial charge in [0.2, 0.25) is 0 Å². The molecule has 0 aliphatic heterocycles. The molecule has 5 rings (SSSR count). The number of thiophene rings is 1. The lowest BCUT2D eigenvalue weighted by Gasteiger charge is -2.11. The smallest absolute Gasteiger partial charge is 0.0729 e. The standard InChI is InChI=1S/C20H18N4S/c21-16-4-3-12(7-17(16)22)24-18-5-6-23-19-8-13-15(11-1-2-11)10-25-20(13)9-14(18)19/h3-11H,1-2,21-22H2,(H,23,24). The molecule has 1 aliphatic carbocycles. The highest BCUT2D eigenvalue weighted by Crippen LogP contribution is 2.46. The van der Waals surface area contributed by atoms with Crippen LogP contribution in [0.4, 0.5) is 22.7 Å². The molecule has 0 spiro atoms. The van der Waals surface area contributed by atoms with Crippen LogP contribution in [-0.4, -0.2) is 4.98 Å². The number of hydrogen-bond donors (Lipinski definition) is 3. The normalized spacial score (nSPS) is 14.2. The van der Waals surface area contributed by atoms with Crippen LogP contribution in [0.25, 0.3) is 21.0 Å². The summed E-state index contributed by atoms with van der Waals surface area (Å²) < 4.78 is 1.32. The zero-order valence-electron chi connectivity index (χ0n) is 13.6. The van der Waals surface area contributed by atoms with Crippen molar-refractivity contribution in [3.05, 3.63) is 53.5 Å². The van der Waals surface area contributed by atoms with Crippen molar-refractivity contribution in [3.8, 4) is 0 Å². The van der Waals surface area contributed by atoms with Gasteiger partial charge in [0, 0.05) is 27.7 Å². The molecule has 1 fully saturated rings. The summed E-state index contributed by atoms with van der Waals surface area (Å²) in [6, 6.07) is 12.1. The topological polar surface area (TPSA) is 77.0 Å². The molecular formula is C20H18N4S. The second-order valence-corrected chi connectivity index (χ2v) is 7.57. The van der Waals surface area contributed by atoms with E-state index >= 15 is 0 Å². The fourth-order valence-electron chi connectivity index (χ4n) is 3.31. The van der Waals surface area contributed by atoms with Crippen LogP contribution in [0.2, 0.25) is 0 Å². The summed E-state index contributed by atoms with van der Waals surface area (Å²) in [6.07, 6.45) is 4.48. The zero-order valence-corrected chi connectivity index (χ0v) is 14.4. The fraction of sp³-hybridized carbons (Fsp3) is 0.150. The van der Waals surface area contributed by atoms with Crippen molar-refractivity contribution in [2.45, 2.75) is 18.8 Å². The lowest BCUT2D eigenvalue weighted by atomic mass is 10.1. The Labute approximate surface area is 149 Å². The monoisotopic (exact) mass is 346 g/mol. The summed E-state index contributed by atoms with van der Waals surface area (Å²) in [6.45, 7) is 0. The Morgan fingerprint density at radius 3 is 2.68 bits per heavy atom. The number of anilines is 4. The van der Waals surface area contributed by atoms with Gasteiger partial charge in [0.15, 0.2) is 0 Å². The highest BCUT2D eigenvalue weighted by atomic mass is 32.1. The van der Waals surface area contributed by atoms with E-state index in [1.165, 1.54) is 28.5 Å². The molecule has 0 radical (unpaired) electrons. The molecule has 0 unspecified atom stereocenters. The second kappa shape index (κ2) is 5.36. The van der Waals surface area contributed by atoms with E-state index in [0.29, 0.717) is 11.4 Å². The maximum atomic E-state index is 5.92. The first-order valence-electron chi connectivity index (χ1n) is 8.41. The first-order chi connectivity index (χ1) is 12.2. The van der Waals surface area contributed by atoms with E-state index in [2.05, 4.69) is 27.8 Å². The number of hydrogen-bond acceptors (Lipinski definition) is 5. The highest BCUT2D eigenvalue weighted by molar-refractivity contribution is 7.17. The van der Waals surface area contributed by atoms with Crippen LogP contribution < -0.4 is 16.8 Å². The second-order valence-electron chi connectivity index (χ2n) is 6.66. The molecule has 5 heteroatoms. The molecule has 4 nitrogen and oxygen atoms in total. The molecule has 2 heterocycles. The molecule has 0 amide bonds. The molecule has 0 saturated heterocycles. The Hall–Kier alpha value is -2.79. The van der Waals surface area contributed by atoms with Crippen LogP contribution in [0.5, 0.6) is 0 Å². The number of nitrogens with zero attached hydrogens (tertiary/aromatic N) is 1. The number of fused-ring (bicyclic) bond motifs is 2. The predicted octanol–water partition coefficient (Wildman–Crippen LogP) is 5.23. The number of nitrogen functional groups attached to an aromatic ring is 2. The Morgan fingerprint density at radius 1 is 1.00 bits per heavy atom. The summed E-state index contributed by atoms with van der Waals surface area (Å²) in [5, 5.41) is 8.25. The first kappa shape index (κ1) is 14.5. The number of benzene rings is 2. The van der Waals surface area contributed by atoms with E-state index in [1.807, 2.05) is 41.8 Å². The average molecular weight is 346 g/mol. The van der Waals surface area contributed by atoms with Gasteiger partial charge in [-0.25, -0.2) is 0 Å². The lowest BCUT2D eigenvalue weighted by molar-refractivity contribution is 1.16. The van der Waals surface area contributed by atoms with Gasteiger partial charge < -0.3 is 16.8 Å². The van der Waals surface area contributed by atoms with Gasteiger partial charge >= 0.3 is 0 Å². The number of pyridine rings is 1. The minimum atomic E-state index is 0.582. The minimum absolute atomic E-state index is 0.582. The van der Waals surface area contributed by atoms with Crippen molar-refractivity contribution in [2.24, 2.45) is 0 Å². The molecule has 5 N–H and O–H groups in total. The molecule has 1 aliphatic rings. The Balaban J connectivity index is 1.62. The number of nitrogens with one attached hydrogen (secondary N) is 1. The highest BCUT2D eigenvalue weighted by Gasteiger charge is 2.26. The van der Waals surface area contributed by atoms with Gasteiger partial charge in [-0.1, -0.05) is 0 Å². The maximum absolute atomic E-state index is 5.92. The maximum Gasteiger partial charge on any atom is 0.0729 e. The van der Waals surface area contributed by atoms with E-state index in [9.17, 15) is 0 Å². The van der Waals surface area contributed by atoms with E-state index in [0.717, 1.165) is 28.2 Å². The van der Waals surface area contributed by atoms with Crippen LogP contribution in [0.1, 0.15) is 24.3 Å². The van der Waals surface area contributed by atoms with Gasteiger partial charge in [-0.3, -0.25) is 4.98 Å². The molecule has 2 aromatic heterocycles. The summed E-state index contributed by atoms with van der Waals surface area (Å²) in [5.41, 5.74) is 17.4. The molecule has 25 heavy (non-hydrogen) atoms. The quantitative estimate of drug-likeness (QED) is 0.444. The van der Waals surface area contributed by atoms with Crippen molar-refractivity contribution in [3.63, 3.8) is 0 Å². The van der Waals surface area contributed by atoms with Gasteiger partial charge in [-0.05, 0) is 71.5 Å². The first-order valence-corrected chi connectivity index (χ1v) is 9.29. The van der Waals surface area contributed by atoms with E-state index in [4.69, 9.17) is 11.5 Å². The van der Waals surface area contributed by atoms with Gasteiger partial charge in [-0.15, -0.1) is 11.3 Å². The van der Waals surface area contributed by atoms with Crippen molar-refractivity contribution in [1.82, 2.24) is 4.98 Å². The van der Waals surface area contributed by atoms with Crippen LogP contribution in [-0.2, 0) is 0 Å². The fourth-order valence-corrected chi connectivity index (χ4v) is 4.38. The van der Waals surface area contributed by atoms with Gasteiger partial charge in [-0.2, -0.15) is 0 Å². The van der Waals surface area contributed by atoms with Crippen LogP contribution in [0.15, 0.2) is 48.0 Å². The SMILES string of the molecule is Nc1ccc(Nc2ccnc3cc4c(C5CC5)csc4cc23)cc1N. The third kappa shape index (κ3) is 2.48. The summed E-state index contributed by atoms with van der Waals surface area (Å²) in [5.74, 6) is 0.755. The molecule has 0 atom stereocenters. The van der Waals surface area contributed by atoms with Gasteiger partial charge in [0.25, 0.3) is 0 Å². The van der Waals surface area contributed by atoms with E-state index in [-0.39, 0.29) is 0 Å². The van der Waals surface area contributed by atoms with Crippen LogP contribution in [0.3, 0.4) is 0 Å². The number of aromatic nitrogens is 1. The van der Waals surface area contributed by atoms with Crippen molar-refractivity contribution in [2.75, 3.05) is 16.8 Å². The van der Waals surface area contributed by atoms with E-state index < -0.39 is 0 Å². The van der Waals surface area contributed by atoms with Crippen LogP contribution in [0, 0.1) is 0 Å². The third-order valence-electron chi connectivity index (χ3n) is 4.85. The molecular weight excluding hydrogens is 328 g/mol. The molecule has 0 bridgehead atoms. The van der Waals surface area contributed by atoms with E-state index in [1.54, 1.807) is 0 Å². The summed E-state index contributed by atoms with van der Waals surface area (Å²) in [4.78, 5) is 4.59. The molecule has 4 aromatic rings. The Bertz CT molecular complexity index is 1110. The summed E-state index contributed by atoms with van der Waals surface area (Å²) in [7, 11) is 0. The third-order valence-corrected chi connectivity index (χ3v) is 5.81. The number of nitrogens with two attached hydrogens (primary N) is 2. The van der Waals surface area contributed by atoms with Gasteiger partial charge in [0.05, 0.1) is 16.9 Å². The van der Waals surface area contributed by atoms with Crippen LogP contribution >= 0.6 is 11.3 Å². The Kier molecular flexibility index (Phi) is 3.12. The predicted molar refractivity (Wildman–Crippen MR) is 108 cm³/mol. The molecule has 2 aromatic carbocycles. The Morgan fingerprint density at radius 2 is 1.88 bits per heavy atom. The summed E-state index contributed by atoms with van der Waals surface area (Å²) >= 11 is 1.82.